The summed E-state index contributed by atoms with van der Waals surface area (Å²) in [5.74, 6) is 0. The molecule has 2 aliphatic rings. The molecule has 2 fully saturated rings. The zero-order valence-electron chi connectivity index (χ0n) is 13.6. The topological polar surface area (TPSA) is 23.5 Å². The monoisotopic (exact) mass is 297 g/mol. The Bertz CT molecular complexity index is 554. The summed E-state index contributed by atoms with van der Waals surface area (Å²) < 4.78 is 0. The lowest BCUT2D eigenvalue weighted by Gasteiger charge is -2.45. The van der Waals surface area contributed by atoms with Crippen molar-refractivity contribution in [1.82, 2.24) is 4.90 Å². The highest BCUT2D eigenvalue weighted by atomic mass is 16.3. The van der Waals surface area contributed by atoms with E-state index >= 15 is 0 Å². The van der Waals surface area contributed by atoms with Crippen LogP contribution in [-0.2, 0) is 5.60 Å². The molecule has 1 aliphatic carbocycles. The molecule has 1 unspecified atom stereocenters. The summed E-state index contributed by atoms with van der Waals surface area (Å²) in [6.45, 7) is 7.30. The minimum atomic E-state index is -0.551. The van der Waals surface area contributed by atoms with Gasteiger partial charge in [-0.2, -0.15) is 0 Å². The molecule has 1 saturated carbocycles. The maximum Gasteiger partial charge on any atom is 0.0896 e. The minimum absolute atomic E-state index is 0.448. The lowest BCUT2D eigenvalue weighted by Crippen LogP contribution is -2.38. The van der Waals surface area contributed by atoms with Crippen molar-refractivity contribution in [3.63, 3.8) is 0 Å². The van der Waals surface area contributed by atoms with E-state index in [1.54, 1.807) is 0 Å². The molecular weight excluding hydrogens is 270 g/mol. The molecular formula is C20H27NO. The normalized spacial score (nSPS) is 23.5. The van der Waals surface area contributed by atoms with Gasteiger partial charge in [-0.1, -0.05) is 56.3 Å². The number of rotatable bonds is 6. The maximum absolute atomic E-state index is 10.4. The van der Waals surface area contributed by atoms with Gasteiger partial charge in [-0.05, 0) is 36.8 Å². The zero-order chi connectivity index (χ0) is 15.6. The number of allylic oxidation sites excluding steroid dienone is 1. The van der Waals surface area contributed by atoms with Crippen LogP contribution in [0.3, 0.4) is 0 Å². The summed E-state index contributed by atoms with van der Waals surface area (Å²) >= 11 is 0. The second kappa shape index (κ2) is 6.29. The van der Waals surface area contributed by atoms with Crippen molar-refractivity contribution in [2.45, 2.75) is 57.1 Å². The maximum atomic E-state index is 10.4. The fourth-order valence-electron chi connectivity index (χ4n) is 3.40. The van der Waals surface area contributed by atoms with Gasteiger partial charge < -0.3 is 10.0 Å². The van der Waals surface area contributed by atoms with Crippen LogP contribution < -0.4 is 0 Å². The summed E-state index contributed by atoms with van der Waals surface area (Å²) in [6, 6.07) is 9.04. The van der Waals surface area contributed by atoms with E-state index in [1.807, 2.05) is 0 Å². The Morgan fingerprint density at radius 1 is 1.27 bits per heavy atom. The van der Waals surface area contributed by atoms with Gasteiger partial charge in [0, 0.05) is 18.7 Å². The van der Waals surface area contributed by atoms with Crippen molar-refractivity contribution in [3.05, 3.63) is 59.8 Å². The summed E-state index contributed by atoms with van der Waals surface area (Å²) in [7, 11) is 0. The average Bonchev–Trinajstić information content (AvgIpc) is 2.50. The van der Waals surface area contributed by atoms with E-state index in [9.17, 15) is 5.11 Å². The summed E-state index contributed by atoms with van der Waals surface area (Å²) in [5.41, 5.74) is 3.09. The van der Waals surface area contributed by atoms with Gasteiger partial charge in [-0.3, -0.25) is 0 Å². The first kappa shape index (κ1) is 15.4. The first-order chi connectivity index (χ1) is 10.6. The molecule has 1 aromatic carbocycles. The van der Waals surface area contributed by atoms with Crippen LogP contribution in [0.15, 0.2) is 48.7 Å². The lowest BCUT2D eigenvalue weighted by atomic mass is 9.75. The second-order valence-corrected chi connectivity index (χ2v) is 6.71. The van der Waals surface area contributed by atoms with Crippen molar-refractivity contribution in [2.75, 3.05) is 6.54 Å². The molecule has 2 heteroatoms. The third kappa shape index (κ3) is 2.85. The predicted molar refractivity (Wildman–Crippen MR) is 91.4 cm³/mol. The Balaban J connectivity index is 1.64. The Morgan fingerprint density at radius 3 is 2.55 bits per heavy atom. The molecule has 1 aliphatic heterocycles. The quantitative estimate of drug-likeness (QED) is 0.771. The number of hydrogen-bond acceptors (Lipinski definition) is 2. The van der Waals surface area contributed by atoms with Crippen molar-refractivity contribution >= 4 is 0 Å². The smallest absolute Gasteiger partial charge is 0.0896 e. The highest BCUT2D eigenvalue weighted by molar-refractivity contribution is 5.33. The predicted octanol–water partition coefficient (Wildman–Crippen LogP) is 4.67. The van der Waals surface area contributed by atoms with Crippen LogP contribution in [0.2, 0.25) is 0 Å². The van der Waals surface area contributed by atoms with Crippen molar-refractivity contribution in [2.24, 2.45) is 0 Å². The highest BCUT2D eigenvalue weighted by Crippen LogP contribution is 2.43. The lowest BCUT2D eigenvalue weighted by molar-refractivity contribution is -0.0388. The van der Waals surface area contributed by atoms with E-state index < -0.39 is 5.60 Å². The largest absolute Gasteiger partial charge is 0.385 e. The molecule has 1 atom stereocenters. The van der Waals surface area contributed by atoms with Gasteiger partial charge in [0.15, 0.2) is 0 Å². The van der Waals surface area contributed by atoms with Crippen molar-refractivity contribution in [3.8, 4) is 0 Å². The van der Waals surface area contributed by atoms with E-state index in [1.165, 1.54) is 17.7 Å². The number of likely N-dealkylation sites (tertiary alicyclic amines) is 1. The molecule has 3 rings (SSSR count). The van der Waals surface area contributed by atoms with Crippen molar-refractivity contribution in [1.29, 1.82) is 0 Å². The number of unbranched alkanes of at least 4 members (excludes halogenated alkanes) is 1. The minimum Gasteiger partial charge on any atom is -0.385 e. The standard InChI is InChI=1S/C20H27NO/c1-3-4-5-6-14-21-16(2)15-19(21)17-8-10-18(11-9-17)20(22)12-7-13-20/h5-6,8-11,19,22H,2-4,7,12-15H2,1H3/b6-5-. The molecule has 22 heavy (non-hydrogen) atoms. The second-order valence-electron chi connectivity index (χ2n) is 6.71. The van der Waals surface area contributed by atoms with Crippen LogP contribution in [0.4, 0.5) is 0 Å². The number of nitrogens with zero attached hydrogens (tertiary/aromatic N) is 1. The fourth-order valence-corrected chi connectivity index (χ4v) is 3.40. The summed E-state index contributed by atoms with van der Waals surface area (Å²) in [6.07, 6.45) is 10.9. The molecule has 1 aromatic rings. The van der Waals surface area contributed by atoms with Gasteiger partial charge in [0.1, 0.15) is 0 Å². The van der Waals surface area contributed by atoms with Crippen LogP contribution in [-0.4, -0.2) is 16.6 Å². The van der Waals surface area contributed by atoms with E-state index in [2.05, 4.69) is 54.8 Å². The van der Waals surface area contributed by atoms with E-state index in [-0.39, 0.29) is 0 Å². The van der Waals surface area contributed by atoms with Crippen LogP contribution in [0.25, 0.3) is 0 Å². The Morgan fingerprint density at radius 2 is 2.00 bits per heavy atom. The molecule has 0 amide bonds. The molecule has 1 saturated heterocycles. The number of benzene rings is 1. The highest BCUT2D eigenvalue weighted by Gasteiger charge is 2.36. The first-order valence-electron chi connectivity index (χ1n) is 8.56. The van der Waals surface area contributed by atoms with Gasteiger partial charge >= 0.3 is 0 Å². The van der Waals surface area contributed by atoms with Gasteiger partial charge in [-0.25, -0.2) is 0 Å². The van der Waals surface area contributed by atoms with Gasteiger partial charge in [0.25, 0.3) is 0 Å². The van der Waals surface area contributed by atoms with Crippen molar-refractivity contribution < 1.29 is 5.11 Å². The molecule has 118 valence electrons. The molecule has 0 bridgehead atoms. The number of hydrogen-bond donors (Lipinski definition) is 1. The summed E-state index contributed by atoms with van der Waals surface area (Å²) in [5, 5.41) is 10.4. The van der Waals surface area contributed by atoms with Crippen LogP contribution in [0, 0.1) is 0 Å². The van der Waals surface area contributed by atoms with Crippen LogP contribution in [0.5, 0.6) is 0 Å². The third-order valence-electron chi connectivity index (χ3n) is 5.15. The van der Waals surface area contributed by atoms with Gasteiger partial charge in [0.2, 0.25) is 0 Å². The first-order valence-corrected chi connectivity index (χ1v) is 8.56. The fraction of sp³-hybridized carbons (Fsp3) is 0.500. The Kier molecular flexibility index (Phi) is 4.39. The molecule has 1 heterocycles. The van der Waals surface area contributed by atoms with Gasteiger partial charge in [0.05, 0.1) is 11.6 Å². The molecule has 2 nitrogen and oxygen atoms in total. The molecule has 0 radical (unpaired) electrons. The summed E-state index contributed by atoms with van der Waals surface area (Å²) in [4.78, 5) is 2.37. The average molecular weight is 297 g/mol. The molecule has 0 spiro atoms. The van der Waals surface area contributed by atoms with Gasteiger partial charge in [-0.15, -0.1) is 0 Å². The molecule has 1 N–H and O–H groups in total. The number of aliphatic hydroxyl groups is 1. The molecule has 0 aromatic heterocycles. The van der Waals surface area contributed by atoms with Crippen LogP contribution in [0.1, 0.15) is 62.6 Å². The Labute approximate surface area is 134 Å². The van der Waals surface area contributed by atoms with E-state index in [4.69, 9.17) is 0 Å². The third-order valence-corrected chi connectivity index (χ3v) is 5.15. The van der Waals surface area contributed by atoms with Crippen LogP contribution >= 0.6 is 0 Å². The zero-order valence-corrected chi connectivity index (χ0v) is 13.6. The van der Waals surface area contributed by atoms with E-state index in [0.717, 1.165) is 44.2 Å². The van der Waals surface area contributed by atoms with E-state index in [0.29, 0.717) is 6.04 Å². The SMILES string of the molecule is C=C1CC(c2ccc(C3(O)CCC3)cc2)N1C/C=C\CCC. The Hall–Kier alpha value is -1.54.